The molecular formula is C18H20ClNO3S. The first-order chi connectivity index (χ1) is 11.3. The number of hydrogen-bond donors (Lipinski definition) is 1. The van der Waals surface area contributed by atoms with Crippen molar-refractivity contribution in [2.75, 3.05) is 11.1 Å². The second kappa shape index (κ2) is 7.81. The monoisotopic (exact) mass is 365 g/mol. The molecule has 6 heteroatoms. The molecule has 0 atom stereocenters. The molecule has 0 saturated heterocycles. The Labute approximate surface area is 147 Å². The number of halogens is 1. The first-order valence-corrected chi connectivity index (χ1v) is 9.67. The van der Waals surface area contributed by atoms with Gasteiger partial charge in [-0.2, -0.15) is 0 Å². The highest BCUT2D eigenvalue weighted by Crippen LogP contribution is 2.19. The van der Waals surface area contributed by atoms with Gasteiger partial charge in [0.25, 0.3) is 0 Å². The second-order valence-corrected chi connectivity index (χ2v) is 8.22. The molecular weight excluding hydrogens is 346 g/mol. The van der Waals surface area contributed by atoms with Gasteiger partial charge < -0.3 is 5.32 Å². The number of amides is 1. The molecule has 0 aliphatic carbocycles. The Bertz CT molecular complexity index is 830. The van der Waals surface area contributed by atoms with Crippen molar-refractivity contribution in [3.63, 3.8) is 0 Å². The van der Waals surface area contributed by atoms with Crippen LogP contribution in [0, 0.1) is 13.8 Å². The summed E-state index contributed by atoms with van der Waals surface area (Å²) in [5.74, 6) is -0.260. The van der Waals surface area contributed by atoms with E-state index >= 15 is 0 Å². The van der Waals surface area contributed by atoms with Crippen molar-refractivity contribution in [3.05, 3.63) is 58.6 Å². The Balaban J connectivity index is 1.90. The van der Waals surface area contributed by atoms with Crippen LogP contribution in [0.2, 0.25) is 5.02 Å². The predicted molar refractivity (Wildman–Crippen MR) is 97.3 cm³/mol. The molecule has 2 aromatic carbocycles. The van der Waals surface area contributed by atoms with Crippen molar-refractivity contribution in [2.24, 2.45) is 0 Å². The van der Waals surface area contributed by atoms with Crippen LogP contribution in [0.1, 0.15) is 24.0 Å². The van der Waals surface area contributed by atoms with Crippen LogP contribution < -0.4 is 5.32 Å². The van der Waals surface area contributed by atoms with Crippen LogP contribution in [0.3, 0.4) is 0 Å². The summed E-state index contributed by atoms with van der Waals surface area (Å²) in [6, 6.07) is 11.7. The molecule has 0 unspecified atom stereocenters. The third kappa shape index (κ3) is 4.82. The lowest BCUT2D eigenvalue weighted by Gasteiger charge is -2.10. The summed E-state index contributed by atoms with van der Waals surface area (Å²) in [5.41, 5.74) is 2.87. The highest BCUT2D eigenvalue weighted by atomic mass is 35.5. The number of nitrogens with one attached hydrogen (secondary N) is 1. The Morgan fingerprint density at radius 2 is 1.75 bits per heavy atom. The molecule has 4 nitrogen and oxygen atoms in total. The van der Waals surface area contributed by atoms with Crippen molar-refractivity contribution in [2.45, 2.75) is 31.6 Å². The lowest BCUT2D eigenvalue weighted by atomic mass is 10.1. The van der Waals surface area contributed by atoms with Gasteiger partial charge in [-0.05, 0) is 61.7 Å². The smallest absolute Gasteiger partial charge is 0.224 e. The molecule has 2 rings (SSSR count). The fraction of sp³-hybridized carbons (Fsp3) is 0.278. The molecule has 0 aliphatic heterocycles. The number of carbonyl (C=O) groups is 1. The van der Waals surface area contributed by atoms with E-state index in [1.807, 2.05) is 32.0 Å². The fourth-order valence-corrected chi connectivity index (χ4v) is 3.72. The van der Waals surface area contributed by atoms with E-state index < -0.39 is 9.84 Å². The van der Waals surface area contributed by atoms with Crippen LogP contribution in [0.25, 0.3) is 0 Å². The number of hydrogen-bond acceptors (Lipinski definition) is 3. The molecule has 24 heavy (non-hydrogen) atoms. The quantitative estimate of drug-likeness (QED) is 0.836. The standard InChI is InChI=1S/C18H20ClNO3S/c1-13-5-3-6-17(14(13)2)20-18(21)7-4-12-24(22,23)16-10-8-15(19)9-11-16/h3,5-6,8-11H,4,7,12H2,1-2H3,(H,20,21). The van der Waals surface area contributed by atoms with Gasteiger partial charge in [0.15, 0.2) is 9.84 Å². The van der Waals surface area contributed by atoms with Crippen LogP contribution in [-0.2, 0) is 14.6 Å². The minimum atomic E-state index is -3.40. The number of benzene rings is 2. The van der Waals surface area contributed by atoms with Crippen LogP contribution >= 0.6 is 11.6 Å². The van der Waals surface area contributed by atoms with Gasteiger partial charge in [-0.25, -0.2) is 8.42 Å². The Morgan fingerprint density at radius 3 is 2.42 bits per heavy atom. The molecule has 0 spiro atoms. The second-order valence-electron chi connectivity index (χ2n) is 5.67. The third-order valence-electron chi connectivity index (χ3n) is 3.87. The van der Waals surface area contributed by atoms with Crippen LogP contribution in [0.4, 0.5) is 5.69 Å². The molecule has 0 saturated carbocycles. The molecule has 1 amide bonds. The maximum atomic E-state index is 12.2. The van der Waals surface area contributed by atoms with E-state index in [-0.39, 0.29) is 29.4 Å². The Kier molecular flexibility index (Phi) is 6.02. The third-order valence-corrected chi connectivity index (χ3v) is 5.94. The van der Waals surface area contributed by atoms with E-state index in [9.17, 15) is 13.2 Å². The minimum Gasteiger partial charge on any atom is -0.326 e. The fourth-order valence-electron chi connectivity index (χ4n) is 2.28. The summed E-state index contributed by atoms with van der Waals surface area (Å²) in [6.45, 7) is 3.92. The number of aryl methyl sites for hydroxylation is 1. The SMILES string of the molecule is Cc1cccc(NC(=O)CCCS(=O)(=O)c2ccc(Cl)cc2)c1C. The van der Waals surface area contributed by atoms with Gasteiger partial charge in [0.05, 0.1) is 10.6 Å². The van der Waals surface area contributed by atoms with E-state index in [2.05, 4.69) is 5.32 Å². The summed E-state index contributed by atoms with van der Waals surface area (Å²) in [6.07, 6.45) is 0.419. The van der Waals surface area contributed by atoms with Gasteiger partial charge in [0.2, 0.25) is 5.91 Å². The summed E-state index contributed by atoms with van der Waals surface area (Å²) in [4.78, 5) is 12.2. The number of carbonyl (C=O) groups excluding carboxylic acids is 1. The van der Waals surface area contributed by atoms with Gasteiger partial charge in [0.1, 0.15) is 0 Å². The zero-order valence-electron chi connectivity index (χ0n) is 13.7. The van der Waals surface area contributed by atoms with Crippen molar-refractivity contribution < 1.29 is 13.2 Å². The zero-order chi connectivity index (χ0) is 17.7. The highest BCUT2D eigenvalue weighted by molar-refractivity contribution is 7.91. The number of anilines is 1. The van der Waals surface area contributed by atoms with E-state index in [0.717, 1.165) is 16.8 Å². The minimum absolute atomic E-state index is 0.0746. The van der Waals surface area contributed by atoms with E-state index in [1.165, 1.54) is 12.1 Å². The van der Waals surface area contributed by atoms with E-state index in [0.29, 0.717) is 5.02 Å². The molecule has 0 bridgehead atoms. The molecule has 0 aliphatic rings. The highest BCUT2D eigenvalue weighted by Gasteiger charge is 2.15. The lowest BCUT2D eigenvalue weighted by Crippen LogP contribution is -2.15. The average molecular weight is 366 g/mol. The molecule has 128 valence electrons. The Hall–Kier alpha value is -1.85. The van der Waals surface area contributed by atoms with Crippen LogP contribution in [-0.4, -0.2) is 20.1 Å². The average Bonchev–Trinajstić information content (AvgIpc) is 2.52. The molecule has 2 aromatic rings. The molecule has 0 fully saturated rings. The van der Waals surface area contributed by atoms with Crippen molar-refractivity contribution >= 4 is 33.0 Å². The predicted octanol–water partition coefficient (Wildman–Crippen LogP) is 4.15. The summed E-state index contributed by atoms with van der Waals surface area (Å²) < 4.78 is 24.4. The maximum Gasteiger partial charge on any atom is 0.224 e. The first-order valence-electron chi connectivity index (χ1n) is 7.64. The summed E-state index contributed by atoms with van der Waals surface area (Å²) >= 11 is 5.76. The topological polar surface area (TPSA) is 63.2 Å². The molecule has 0 heterocycles. The summed E-state index contributed by atoms with van der Waals surface area (Å²) in [7, 11) is -3.40. The van der Waals surface area contributed by atoms with Crippen molar-refractivity contribution in [3.8, 4) is 0 Å². The van der Waals surface area contributed by atoms with Crippen LogP contribution in [0.15, 0.2) is 47.4 Å². The van der Waals surface area contributed by atoms with Crippen molar-refractivity contribution in [1.29, 1.82) is 0 Å². The van der Waals surface area contributed by atoms with E-state index in [1.54, 1.807) is 12.1 Å². The van der Waals surface area contributed by atoms with Crippen molar-refractivity contribution in [1.82, 2.24) is 0 Å². The van der Waals surface area contributed by atoms with Gasteiger partial charge in [-0.3, -0.25) is 4.79 Å². The van der Waals surface area contributed by atoms with E-state index in [4.69, 9.17) is 11.6 Å². The van der Waals surface area contributed by atoms with Crippen LogP contribution in [0.5, 0.6) is 0 Å². The first kappa shape index (κ1) is 18.5. The Morgan fingerprint density at radius 1 is 1.08 bits per heavy atom. The number of sulfone groups is 1. The van der Waals surface area contributed by atoms with Gasteiger partial charge >= 0.3 is 0 Å². The normalized spacial score (nSPS) is 11.3. The summed E-state index contributed by atoms with van der Waals surface area (Å²) in [5, 5.41) is 3.32. The lowest BCUT2D eigenvalue weighted by molar-refractivity contribution is -0.116. The van der Waals surface area contributed by atoms with Gasteiger partial charge in [-0.15, -0.1) is 0 Å². The number of rotatable bonds is 6. The molecule has 0 radical (unpaired) electrons. The largest absolute Gasteiger partial charge is 0.326 e. The zero-order valence-corrected chi connectivity index (χ0v) is 15.2. The van der Waals surface area contributed by atoms with Gasteiger partial charge in [-0.1, -0.05) is 23.7 Å². The molecule has 0 aromatic heterocycles. The molecule has 1 N–H and O–H groups in total. The van der Waals surface area contributed by atoms with Gasteiger partial charge in [0, 0.05) is 17.1 Å². The maximum absolute atomic E-state index is 12.2.